The molecule has 0 spiro atoms. The molecule has 9 heteroatoms. The Balaban J connectivity index is 1.43. The Morgan fingerprint density at radius 2 is 1.82 bits per heavy atom. The largest absolute Gasteiger partial charge is 0.495 e. The molecule has 2 unspecified atom stereocenters. The van der Waals surface area contributed by atoms with Crippen molar-refractivity contribution in [3.63, 3.8) is 0 Å². The fourth-order valence-corrected chi connectivity index (χ4v) is 5.26. The highest BCUT2D eigenvalue weighted by atomic mass is 32.1. The van der Waals surface area contributed by atoms with Gasteiger partial charge in [-0.25, -0.2) is 0 Å². The standard InChI is InChI=1S/C30H32N6O2S/c1-34(2)21-13-15-22(16-14-21)35-19-8-11-25(35)29-28(24-10-6-7-18-31-24)33-30(39)36(29)20-17-27(37)32-23-9-4-5-12-26(23)38-3/h4-16,18-19,28-29H,17,20H2,1-3H3,(H,32,37)(H,33,39). The quantitative estimate of drug-likeness (QED) is 0.291. The zero-order valence-corrected chi connectivity index (χ0v) is 23.1. The van der Waals surface area contributed by atoms with Gasteiger partial charge in [0.05, 0.1) is 30.6 Å². The van der Waals surface area contributed by atoms with E-state index in [1.165, 1.54) is 0 Å². The number of rotatable bonds is 9. The van der Waals surface area contributed by atoms with Crippen LogP contribution in [0.15, 0.2) is 91.3 Å². The number of pyridine rings is 1. The SMILES string of the molecule is COc1ccccc1NC(=O)CCN1C(=S)NC(c2ccccn2)C1c1cccn1-c1ccc(N(C)C)cc1. The van der Waals surface area contributed by atoms with Crippen molar-refractivity contribution in [2.45, 2.75) is 18.5 Å². The molecule has 39 heavy (non-hydrogen) atoms. The van der Waals surface area contributed by atoms with E-state index in [1.807, 2.05) is 62.6 Å². The molecule has 8 nitrogen and oxygen atoms in total. The number of hydrogen-bond donors (Lipinski definition) is 2. The van der Waals surface area contributed by atoms with Crippen molar-refractivity contribution in [2.24, 2.45) is 0 Å². The van der Waals surface area contributed by atoms with Crippen molar-refractivity contribution >= 4 is 34.6 Å². The Morgan fingerprint density at radius 3 is 2.54 bits per heavy atom. The number of nitrogens with zero attached hydrogens (tertiary/aromatic N) is 4. The molecule has 200 valence electrons. The summed E-state index contributed by atoms with van der Waals surface area (Å²) in [5.41, 5.74) is 4.77. The number of ether oxygens (including phenoxy) is 1. The van der Waals surface area contributed by atoms with Crippen molar-refractivity contribution in [3.05, 3.63) is 103 Å². The van der Waals surface area contributed by atoms with Crippen LogP contribution in [0.1, 0.15) is 29.9 Å². The molecule has 4 aromatic rings. The molecule has 0 radical (unpaired) electrons. The van der Waals surface area contributed by atoms with E-state index in [0.29, 0.717) is 23.1 Å². The molecule has 0 bridgehead atoms. The van der Waals surface area contributed by atoms with Crippen LogP contribution in [0.5, 0.6) is 5.75 Å². The lowest BCUT2D eigenvalue weighted by Crippen LogP contribution is -2.33. The Labute approximate surface area is 234 Å². The second kappa shape index (κ2) is 11.6. The molecular weight excluding hydrogens is 508 g/mol. The third kappa shape index (κ3) is 5.58. The van der Waals surface area contributed by atoms with Gasteiger partial charge in [-0.3, -0.25) is 9.78 Å². The van der Waals surface area contributed by atoms with Crippen molar-refractivity contribution < 1.29 is 9.53 Å². The minimum atomic E-state index is -0.175. The van der Waals surface area contributed by atoms with Gasteiger partial charge in [0.15, 0.2) is 5.11 Å². The van der Waals surface area contributed by atoms with Gasteiger partial charge in [0, 0.05) is 56.5 Å². The van der Waals surface area contributed by atoms with Gasteiger partial charge in [-0.05, 0) is 72.9 Å². The van der Waals surface area contributed by atoms with Crippen LogP contribution >= 0.6 is 12.2 Å². The summed E-state index contributed by atoms with van der Waals surface area (Å²) in [6.45, 7) is 0.436. The van der Waals surface area contributed by atoms with Crippen LogP contribution in [0.3, 0.4) is 0 Å². The molecule has 5 rings (SSSR count). The smallest absolute Gasteiger partial charge is 0.226 e. The van der Waals surface area contributed by atoms with Crippen molar-refractivity contribution in [3.8, 4) is 11.4 Å². The Kier molecular flexibility index (Phi) is 7.79. The van der Waals surface area contributed by atoms with E-state index in [0.717, 1.165) is 22.8 Å². The molecule has 1 fully saturated rings. The van der Waals surface area contributed by atoms with Gasteiger partial charge in [-0.1, -0.05) is 18.2 Å². The number of anilines is 2. The van der Waals surface area contributed by atoms with E-state index in [9.17, 15) is 4.79 Å². The minimum Gasteiger partial charge on any atom is -0.495 e. The third-order valence-corrected chi connectivity index (χ3v) is 7.24. The Bertz CT molecular complexity index is 1440. The molecule has 1 saturated heterocycles. The molecule has 2 atom stereocenters. The lowest BCUT2D eigenvalue weighted by atomic mass is 10.0. The zero-order chi connectivity index (χ0) is 27.4. The van der Waals surface area contributed by atoms with E-state index in [1.54, 1.807) is 13.3 Å². The summed E-state index contributed by atoms with van der Waals surface area (Å²) in [5.74, 6) is 0.507. The Hall–Kier alpha value is -4.37. The summed E-state index contributed by atoms with van der Waals surface area (Å²) in [4.78, 5) is 21.8. The molecule has 1 amide bonds. The van der Waals surface area contributed by atoms with Gasteiger partial charge in [0.2, 0.25) is 5.91 Å². The first kappa shape index (κ1) is 26.2. The summed E-state index contributed by atoms with van der Waals surface area (Å²) in [6.07, 6.45) is 4.10. The summed E-state index contributed by atoms with van der Waals surface area (Å²) >= 11 is 5.82. The first-order valence-electron chi connectivity index (χ1n) is 12.8. The van der Waals surface area contributed by atoms with Crippen LogP contribution in [0.2, 0.25) is 0 Å². The molecule has 2 aromatic carbocycles. The molecule has 1 aliphatic heterocycles. The van der Waals surface area contributed by atoms with Crippen LogP contribution in [0, 0.1) is 0 Å². The maximum Gasteiger partial charge on any atom is 0.226 e. The highest BCUT2D eigenvalue weighted by Gasteiger charge is 2.41. The maximum atomic E-state index is 13.0. The average molecular weight is 541 g/mol. The fourth-order valence-electron chi connectivity index (χ4n) is 4.93. The van der Waals surface area contributed by atoms with E-state index in [2.05, 4.69) is 66.5 Å². The van der Waals surface area contributed by atoms with E-state index in [-0.39, 0.29) is 24.4 Å². The van der Waals surface area contributed by atoms with Crippen molar-refractivity contribution in [1.29, 1.82) is 0 Å². The predicted molar refractivity (Wildman–Crippen MR) is 158 cm³/mol. The van der Waals surface area contributed by atoms with Crippen LogP contribution in [-0.2, 0) is 4.79 Å². The lowest BCUT2D eigenvalue weighted by molar-refractivity contribution is -0.116. The molecule has 0 saturated carbocycles. The summed E-state index contributed by atoms with van der Waals surface area (Å²) in [6, 6.07) is 25.5. The highest BCUT2D eigenvalue weighted by Crippen LogP contribution is 2.39. The number of benzene rings is 2. The second-order valence-electron chi connectivity index (χ2n) is 9.53. The van der Waals surface area contributed by atoms with Crippen LogP contribution in [0.25, 0.3) is 5.69 Å². The summed E-state index contributed by atoms with van der Waals surface area (Å²) in [5, 5.41) is 7.04. The monoisotopic (exact) mass is 540 g/mol. The van der Waals surface area contributed by atoms with Gasteiger partial charge in [-0.2, -0.15) is 0 Å². The molecular formula is C30H32N6O2S. The number of carbonyl (C=O) groups is 1. The van der Waals surface area contributed by atoms with E-state index in [4.69, 9.17) is 17.0 Å². The van der Waals surface area contributed by atoms with Crippen molar-refractivity contribution in [2.75, 3.05) is 38.0 Å². The normalized spacial score (nSPS) is 16.6. The third-order valence-electron chi connectivity index (χ3n) is 6.89. The van der Waals surface area contributed by atoms with Crippen molar-refractivity contribution in [1.82, 2.24) is 19.8 Å². The number of para-hydroxylation sites is 2. The molecule has 1 aliphatic rings. The lowest BCUT2D eigenvalue weighted by Gasteiger charge is -2.29. The van der Waals surface area contributed by atoms with Gasteiger partial charge in [0.1, 0.15) is 5.75 Å². The minimum absolute atomic E-state index is 0.114. The van der Waals surface area contributed by atoms with E-state index < -0.39 is 0 Å². The van der Waals surface area contributed by atoms with Crippen LogP contribution in [-0.4, -0.2) is 53.2 Å². The van der Waals surface area contributed by atoms with E-state index >= 15 is 0 Å². The topological polar surface area (TPSA) is 74.7 Å². The molecule has 2 N–H and O–H groups in total. The second-order valence-corrected chi connectivity index (χ2v) is 9.92. The number of nitrogens with one attached hydrogen (secondary N) is 2. The highest BCUT2D eigenvalue weighted by molar-refractivity contribution is 7.80. The average Bonchev–Trinajstić information content (AvgIpc) is 3.57. The van der Waals surface area contributed by atoms with Gasteiger partial charge < -0.3 is 29.7 Å². The molecule has 3 heterocycles. The zero-order valence-electron chi connectivity index (χ0n) is 22.2. The predicted octanol–water partition coefficient (Wildman–Crippen LogP) is 4.95. The van der Waals surface area contributed by atoms with Gasteiger partial charge in [-0.15, -0.1) is 0 Å². The number of thiocarbonyl (C=S) groups is 1. The number of aromatic nitrogens is 2. The van der Waals surface area contributed by atoms with Crippen LogP contribution in [0.4, 0.5) is 11.4 Å². The first-order valence-corrected chi connectivity index (χ1v) is 13.2. The van der Waals surface area contributed by atoms with Gasteiger partial charge >= 0.3 is 0 Å². The van der Waals surface area contributed by atoms with Crippen LogP contribution < -0.4 is 20.3 Å². The summed E-state index contributed by atoms with van der Waals surface area (Å²) in [7, 11) is 5.64. The number of methoxy groups -OCH3 is 1. The molecule has 2 aromatic heterocycles. The number of hydrogen-bond acceptors (Lipinski definition) is 5. The number of carbonyl (C=O) groups excluding carboxylic acids is 1. The summed E-state index contributed by atoms with van der Waals surface area (Å²) < 4.78 is 7.56. The maximum absolute atomic E-state index is 13.0. The fraction of sp³-hybridized carbons (Fsp3) is 0.233. The first-order chi connectivity index (χ1) is 19.0. The van der Waals surface area contributed by atoms with Gasteiger partial charge in [0.25, 0.3) is 0 Å². The molecule has 0 aliphatic carbocycles. The number of amides is 1. The Morgan fingerprint density at radius 1 is 1.05 bits per heavy atom.